The average molecular weight is 504 g/mol. The topological polar surface area (TPSA) is 122 Å². The molecule has 0 saturated carbocycles. The second-order valence-electron chi connectivity index (χ2n) is 6.33. The third-order valence-corrected chi connectivity index (χ3v) is 4.76. The van der Waals surface area contributed by atoms with Crippen LogP contribution in [0.25, 0.3) is 0 Å². The quantitative estimate of drug-likeness (QED) is 0.0964. The van der Waals surface area contributed by atoms with E-state index < -0.39 is 71.0 Å². The molecule has 0 aliphatic heterocycles. The smallest absolute Gasteiger partial charge is 0.466 e. The second-order valence-corrected chi connectivity index (χ2v) is 7.75. The van der Waals surface area contributed by atoms with Gasteiger partial charge in [0, 0.05) is 19.0 Å². The van der Waals surface area contributed by atoms with E-state index in [1.54, 1.807) is 6.92 Å². The zero-order valence-corrected chi connectivity index (χ0v) is 17.5. The van der Waals surface area contributed by atoms with E-state index in [-0.39, 0.29) is 13.0 Å². The third kappa shape index (κ3) is 7.30. The molecular weight excluding hydrogens is 483 g/mol. The van der Waals surface area contributed by atoms with Crippen molar-refractivity contribution in [2.75, 3.05) is 13.2 Å². The minimum absolute atomic E-state index is 0.251. The van der Waals surface area contributed by atoms with Crippen molar-refractivity contribution >= 4 is 22.0 Å². The molecule has 0 aromatic carbocycles. The molecule has 0 bridgehead atoms. The van der Waals surface area contributed by atoms with Crippen LogP contribution in [0.1, 0.15) is 39.0 Å². The van der Waals surface area contributed by atoms with Gasteiger partial charge in [-0.15, -0.1) is 0 Å². The molecule has 0 heterocycles. The Kier molecular flexibility index (Phi) is 10.6. The van der Waals surface area contributed by atoms with Crippen molar-refractivity contribution in [1.82, 2.24) is 5.32 Å². The van der Waals surface area contributed by atoms with Crippen LogP contribution in [0.3, 0.4) is 0 Å². The van der Waals surface area contributed by atoms with E-state index in [2.05, 4.69) is 16.1 Å². The van der Waals surface area contributed by atoms with Gasteiger partial charge in [0.15, 0.2) is 10.1 Å². The van der Waals surface area contributed by atoms with E-state index in [4.69, 9.17) is 0 Å². The lowest BCUT2D eigenvalue weighted by atomic mass is 10.1. The van der Waals surface area contributed by atoms with Crippen molar-refractivity contribution in [3.8, 4) is 0 Å². The van der Waals surface area contributed by atoms with Gasteiger partial charge in [-0.2, -0.15) is 30.7 Å². The predicted octanol–water partition coefficient (Wildman–Crippen LogP) is 2.85. The lowest BCUT2D eigenvalue weighted by Gasteiger charge is -2.33. The number of hydrogen-bond donors (Lipinski definition) is 1. The summed E-state index contributed by atoms with van der Waals surface area (Å²) in [6, 6.07) is 0. The number of hydrogen-bond acceptors (Lipinski definition) is 7. The largest absolute Gasteiger partial charge is 0.743 e. The van der Waals surface area contributed by atoms with Gasteiger partial charge in [0.2, 0.25) is 0 Å². The summed E-state index contributed by atoms with van der Waals surface area (Å²) in [4.78, 5) is 23.5. The fourth-order valence-electron chi connectivity index (χ4n) is 2.08. The molecule has 1 unspecified atom stereocenters. The molecule has 0 aromatic heterocycles. The van der Waals surface area contributed by atoms with Crippen LogP contribution in [0.2, 0.25) is 0 Å². The van der Waals surface area contributed by atoms with E-state index in [9.17, 15) is 53.3 Å². The molecule has 32 heavy (non-hydrogen) atoms. The van der Waals surface area contributed by atoms with Gasteiger partial charge < -0.3 is 19.3 Å². The van der Waals surface area contributed by atoms with E-state index >= 15 is 0 Å². The van der Waals surface area contributed by atoms with Crippen molar-refractivity contribution < 1.29 is 62.8 Å². The van der Waals surface area contributed by atoms with Crippen molar-refractivity contribution in [2.45, 2.75) is 62.2 Å². The highest BCUT2D eigenvalue weighted by atomic mass is 32.2. The normalized spacial score (nSPS) is 15.0. The summed E-state index contributed by atoms with van der Waals surface area (Å²) < 4.78 is 133. The van der Waals surface area contributed by atoms with Crippen LogP contribution in [0, 0.1) is 0 Å². The first kappa shape index (κ1) is 30.1. The Morgan fingerprint density at radius 2 is 1.62 bits per heavy atom. The molecule has 0 radical (unpaired) electrons. The van der Waals surface area contributed by atoms with Crippen molar-refractivity contribution in [1.29, 1.82) is 0 Å². The Labute approximate surface area is 178 Å². The highest BCUT2D eigenvalue weighted by Crippen LogP contribution is 2.42. The number of carbonyl (C=O) groups is 2. The molecule has 0 rings (SSSR count). The van der Waals surface area contributed by atoms with E-state index in [0.29, 0.717) is 12.5 Å². The van der Waals surface area contributed by atoms with Gasteiger partial charge >= 0.3 is 35.0 Å². The van der Waals surface area contributed by atoms with Crippen LogP contribution >= 0.6 is 0 Å². The van der Waals surface area contributed by atoms with Crippen LogP contribution in [0.4, 0.5) is 30.7 Å². The predicted molar refractivity (Wildman–Crippen MR) is 92.4 cm³/mol. The first-order valence-corrected chi connectivity index (χ1v) is 10.4. The highest BCUT2D eigenvalue weighted by Gasteiger charge is 2.66. The molecule has 0 aliphatic rings. The molecule has 0 aliphatic carbocycles. The zero-order valence-electron chi connectivity index (χ0n) is 16.6. The maximum atomic E-state index is 13.6. The Morgan fingerprint density at radius 1 is 1.06 bits per heavy atom. The van der Waals surface area contributed by atoms with E-state index in [1.807, 2.05) is 5.32 Å². The summed E-state index contributed by atoms with van der Waals surface area (Å²) >= 11 is 0. The average Bonchev–Trinajstić information content (AvgIpc) is 2.64. The lowest BCUT2D eigenvalue weighted by Crippen LogP contribution is -2.61. The van der Waals surface area contributed by atoms with Crippen molar-refractivity contribution in [3.05, 3.63) is 12.7 Å². The van der Waals surface area contributed by atoms with Crippen LogP contribution in [0.15, 0.2) is 12.7 Å². The number of ether oxygens (including phenoxy) is 2. The van der Waals surface area contributed by atoms with Crippen LogP contribution in [-0.4, -0.2) is 61.1 Å². The van der Waals surface area contributed by atoms with Gasteiger partial charge in [-0.1, -0.05) is 19.9 Å². The molecule has 16 heteroatoms. The molecule has 1 N–H and O–H groups in total. The number of esters is 1. The Morgan fingerprint density at radius 3 is 2.06 bits per heavy atom. The standard InChI is InChI=1S/C16H22F7NO7S/c1-3-5-9-24-12(26)14(15(19,20)21,31-11(25)4-2)30-10-7-6-8-13(17,18)16(22,23)32(27,28)29/h4H,2-3,5-10H2,1H3,(H,24,26)(H,27,28,29)/p-1. The molecule has 0 fully saturated rings. The van der Waals surface area contributed by atoms with Gasteiger partial charge in [0.1, 0.15) is 0 Å². The van der Waals surface area contributed by atoms with Crippen molar-refractivity contribution in [2.24, 2.45) is 0 Å². The number of amides is 1. The second kappa shape index (κ2) is 11.3. The summed E-state index contributed by atoms with van der Waals surface area (Å²) in [5, 5.41) is -4.10. The van der Waals surface area contributed by atoms with E-state index in [1.165, 1.54) is 0 Å². The summed E-state index contributed by atoms with van der Waals surface area (Å²) in [7, 11) is -6.72. The number of halogens is 7. The van der Waals surface area contributed by atoms with Crippen LogP contribution < -0.4 is 5.32 Å². The maximum absolute atomic E-state index is 13.6. The third-order valence-electron chi connectivity index (χ3n) is 3.83. The number of unbranched alkanes of at least 4 members (excludes halogenated alkanes) is 2. The van der Waals surface area contributed by atoms with Gasteiger partial charge in [-0.25, -0.2) is 13.2 Å². The molecule has 0 spiro atoms. The Balaban J connectivity index is 5.41. The zero-order chi connectivity index (χ0) is 25.4. The van der Waals surface area contributed by atoms with Gasteiger partial charge in [0.05, 0.1) is 6.61 Å². The summed E-state index contributed by atoms with van der Waals surface area (Å²) in [6.07, 6.45) is -8.40. The fourth-order valence-corrected chi connectivity index (χ4v) is 2.55. The van der Waals surface area contributed by atoms with Gasteiger partial charge in [-0.3, -0.25) is 4.79 Å². The van der Waals surface area contributed by atoms with Gasteiger partial charge in [0.25, 0.3) is 0 Å². The summed E-state index contributed by atoms with van der Waals surface area (Å²) in [6.45, 7) is 3.09. The highest BCUT2D eigenvalue weighted by molar-refractivity contribution is 7.86. The minimum Gasteiger partial charge on any atom is -0.743 e. The van der Waals surface area contributed by atoms with Crippen LogP contribution in [-0.2, 0) is 29.2 Å². The molecule has 8 nitrogen and oxygen atoms in total. The Bertz CT molecular complexity index is 771. The summed E-state index contributed by atoms with van der Waals surface area (Å²) in [5.41, 5.74) is 0. The number of nitrogens with one attached hydrogen (secondary N) is 1. The molecule has 1 amide bonds. The fraction of sp³-hybridized carbons (Fsp3) is 0.750. The molecule has 188 valence electrons. The number of carbonyl (C=O) groups excluding carboxylic acids is 2. The van der Waals surface area contributed by atoms with Crippen LogP contribution in [0.5, 0.6) is 0 Å². The van der Waals surface area contributed by atoms with E-state index in [0.717, 1.165) is 0 Å². The molecule has 0 saturated heterocycles. The number of alkyl halides is 7. The van der Waals surface area contributed by atoms with Crippen molar-refractivity contribution in [3.63, 3.8) is 0 Å². The summed E-state index contributed by atoms with van der Waals surface area (Å²) in [5.74, 6) is -13.1. The monoisotopic (exact) mass is 504 g/mol. The molecular formula is C16H21F7NO7S-. The first-order valence-electron chi connectivity index (χ1n) is 8.95. The lowest BCUT2D eigenvalue weighted by molar-refractivity contribution is -0.347. The Hall–Kier alpha value is -1.94. The maximum Gasteiger partial charge on any atom is 0.466 e. The SMILES string of the molecule is C=CC(=O)OC(OCCCCC(F)(F)C(F)(F)S(=O)(=O)[O-])(C(=O)NCCCC)C(F)(F)F. The molecule has 0 aromatic rings. The first-order chi connectivity index (χ1) is 14.4. The minimum atomic E-state index is -6.72. The number of rotatable bonds is 14. The molecule has 1 atom stereocenters. The van der Waals surface area contributed by atoms with Gasteiger partial charge in [-0.05, 0) is 19.3 Å².